The number of carbonyl (C=O) groups is 1. The third-order valence-corrected chi connectivity index (χ3v) is 6.10. The fourth-order valence-electron chi connectivity index (χ4n) is 4.63. The number of fused-ring (bicyclic) bond motifs is 3. The molecule has 136 valence electrons. The lowest BCUT2D eigenvalue weighted by Crippen LogP contribution is -2.47. The predicted octanol–water partition coefficient (Wildman–Crippen LogP) is 2.63. The number of morpholine rings is 1. The second kappa shape index (κ2) is 7.75. The van der Waals surface area contributed by atoms with E-state index in [1.807, 2.05) is 12.1 Å². The van der Waals surface area contributed by atoms with E-state index in [-0.39, 0.29) is 5.91 Å². The van der Waals surface area contributed by atoms with Crippen molar-refractivity contribution < 1.29 is 9.53 Å². The summed E-state index contributed by atoms with van der Waals surface area (Å²) >= 11 is 0. The number of benzene rings is 1. The molecule has 1 aliphatic heterocycles. The summed E-state index contributed by atoms with van der Waals surface area (Å²) in [5.74, 6) is 1.73. The molecule has 5 heteroatoms. The highest BCUT2D eigenvalue weighted by molar-refractivity contribution is 5.92. The maximum Gasteiger partial charge on any atom is 0.238 e. The van der Waals surface area contributed by atoms with Gasteiger partial charge < -0.3 is 20.3 Å². The molecule has 25 heavy (non-hydrogen) atoms. The van der Waals surface area contributed by atoms with Crippen LogP contribution in [0.15, 0.2) is 24.3 Å². The molecule has 1 saturated heterocycles. The van der Waals surface area contributed by atoms with Gasteiger partial charge in [0.1, 0.15) is 0 Å². The van der Waals surface area contributed by atoms with Crippen LogP contribution in [0.1, 0.15) is 32.1 Å². The van der Waals surface area contributed by atoms with Gasteiger partial charge in [0.25, 0.3) is 0 Å². The molecule has 1 atom stereocenters. The fourth-order valence-corrected chi connectivity index (χ4v) is 4.63. The van der Waals surface area contributed by atoms with Gasteiger partial charge >= 0.3 is 0 Å². The van der Waals surface area contributed by atoms with Gasteiger partial charge in [-0.05, 0) is 55.4 Å². The molecule has 4 aliphatic rings. The zero-order chi connectivity index (χ0) is 17.1. The van der Waals surface area contributed by atoms with Crippen LogP contribution < -0.4 is 15.5 Å². The van der Waals surface area contributed by atoms with Crippen molar-refractivity contribution in [3.8, 4) is 0 Å². The van der Waals surface area contributed by atoms with Crippen molar-refractivity contribution in [2.24, 2.45) is 11.8 Å². The minimum atomic E-state index is 0.0561. The third kappa shape index (κ3) is 4.15. The molecular formula is C20H29N3O2. The summed E-state index contributed by atoms with van der Waals surface area (Å²) in [6.45, 7) is 3.85. The summed E-state index contributed by atoms with van der Waals surface area (Å²) in [6, 6.07) is 8.68. The molecule has 3 saturated carbocycles. The van der Waals surface area contributed by atoms with Gasteiger partial charge in [-0.1, -0.05) is 12.8 Å². The molecule has 1 amide bonds. The summed E-state index contributed by atoms with van der Waals surface area (Å²) in [5, 5.41) is 6.51. The molecule has 1 aromatic rings. The van der Waals surface area contributed by atoms with E-state index in [4.69, 9.17) is 4.74 Å². The normalized spacial score (nSPS) is 28.8. The van der Waals surface area contributed by atoms with Gasteiger partial charge in [-0.2, -0.15) is 0 Å². The van der Waals surface area contributed by atoms with E-state index in [9.17, 15) is 4.79 Å². The number of carbonyl (C=O) groups excluding carboxylic acids is 1. The molecule has 3 aliphatic carbocycles. The van der Waals surface area contributed by atoms with Crippen LogP contribution >= 0.6 is 0 Å². The topological polar surface area (TPSA) is 53.6 Å². The predicted molar refractivity (Wildman–Crippen MR) is 100.0 cm³/mol. The SMILES string of the molecule is O=C(CNC1CC2CCC1CC2)Nc1ccc(N2CCOCC2)cc1. The Morgan fingerprint density at radius 2 is 1.80 bits per heavy atom. The van der Waals surface area contributed by atoms with Crippen LogP contribution in [0.4, 0.5) is 11.4 Å². The maximum atomic E-state index is 12.2. The second-order valence-electron chi connectivity index (χ2n) is 7.70. The highest BCUT2D eigenvalue weighted by Crippen LogP contribution is 2.41. The van der Waals surface area contributed by atoms with Crippen molar-refractivity contribution in [2.45, 2.75) is 38.1 Å². The first-order valence-corrected chi connectivity index (χ1v) is 9.74. The van der Waals surface area contributed by atoms with Crippen LogP contribution in [0.25, 0.3) is 0 Å². The van der Waals surface area contributed by atoms with E-state index < -0.39 is 0 Å². The summed E-state index contributed by atoms with van der Waals surface area (Å²) in [6.07, 6.45) is 6.72. The lowest BCUT2D eigenvalue weighted by Gasteiger charge is -2.42. The Labute approximate surface area is 150 Å². The Balaban J connectivity index is 1.25. The average Bonchev–Trinajstić information content (AvgIpc) is 2.69. The molecule has 4 fully saturated rings. The van der Waals surface area contributed by atoms with E-state index in [1.54, 1.807) is 0 Å². The molecule has 5 rings (SSSR count). The first kappa shape index (κ1) is 16.9. The van der Waals surface area contributed by atoms with Gasteiger partial charge in [0.2, 0.25) is 5.91 Å². The van der Waals surface area contributed by atoms with Crippen molar-refractivity contribution in [3.05, 3.63) is 24.3 Å². The molecular weight excluding hydrogens is 314 g/mol. The van der Waals surface area contributed by atoms with Crippen molar-refractivity contribution >= 4 is 17.3 Å². The Bertz CT molecular complexity index is 575. The molecule has 1 heterocycles. The monoisotopic (exact) mass is 343 g/mol. The summed E-state index contributed by atoms with van der Waals surface area (Å²) < 4.78 is 5.39. The van der Waals surface area contributed by atoms with Crippen LogP contribution in [0.2, 0.25) is 0 Å². The van der Waals surface area contributed by atoms with Gasteiger partial charge in [-0.15, -0.1) is 0 Å². The Kier molecular flexibility index (Phi) is 5.22. The van der Waals surface area contributed by atoms with Gasteiger partial charge in [-0.3, -0.25) is 4.79 Å². The second-order valence-corrected chi connectivity index (χ2v) is 7.70. The van der Waals surface area contributed by atoms with E-state index in [0.29, 0.717) is 12.6 Å². The largest absolute Gasteiger partial charge is 0.378 e. The van der Waals surface area contributed by atoms with Crippen LogP contribution in [-0.2, 0) is 9.53 Å². The standard InChI is InChI=1S/C20H29N3O2/c24-20(14-21-19-13-15-1-3-16(19)4-2-15)22-17-5-7-18(8-6-17)23-9-11-25-12-10-23/h5-8,15-16,19,21H,1-4,9-14H2,(H,22,24). The quantitative estimate of drug-likeness (QED) is 0.863. The third-order valence-electron chi connectivity index (χ3n) is 6.10. The molecule has 1 aromatic carbocycles. The van der Waals surface area contributed by atoms with E-state index >= 15 is 0 Å². The average molecular weight is 343 g/mol. The Morgan fingerprint density at radius 3 is 2.44 bits per heavy atom. The van der Waals surface area contributed by atoms with Crippen molar-refractivity contribution in [1.82, 2.24) is 5.32 Å². The molecule has 0 spiro atoms. The van der Waals surface area contributed by atoms with Crippen molar-refractivity contribution in [3.63, 3.8) is 0 Å². The minimum Gasteiger partial charge on any atom is -0.378 e. The van der Waals surface area contributed by atoms with Crippen LogP contribution in [-0.4, -0.2) is 44.8 Å². The Morgan fingerprint density at radius 1 is 1.08 bits per heavy atom. The lowest BCUT2D eigenvalue weighted by atomic mass is 9.68. The molecule has 2 N–H and O–H groups in total. The Hall–Kier alpha value is -1.59. The maximum absolute atomic E-state index is 12.2. The molecule has 0 aromatic heterocycles. The summed E-state index contributed by atoms with van der Waals surface area (Å²) in [4.78, 5) is 14.6. The molecule has 2 bridgehead atoms. The highest BCUT2D eigenvalue weighted by Gasteiger charge is 2.35. The van der Waals surface area contributed by atoms with Gasteiger partial charge in [0.05, 0.1) is 19.8 Å². The number of hydrogen-bond acceptors (Lipinski definition) is 4. The number of amides is 1. The van der Waals surface area contributed by atoms with Crippen molar-refractivity contribution in [2.75, 3.05) is 43.1 Å². The lowest BCUT2D eigenvalue weighted by molar-refractivity contribution is -0.115. The van der Waals surface area contributed by atoms with Crippen molar-refractivity contribution in [1.29, 1.82) is 0 Å². The zero-order valence-corrected chi connectivity index (χ0v) is 14.9. The van der Waals surface area contributed by atoms with E-state index in [1.165, 1.54) is 37.8 Å². The minimum absolute atomic E-state index is 0.0561. The number of ether oxygens (including phenoxy) is 1. The van der Waals surface area contributed by atoms with Gasteiger partial charge in [0, 0.05) is 30.5 Å². The number of nitrogens with zero attached hydrogens (tertiary/aromatic N) is 1. The number of nitrogens with one attached hydrogen (secondary N) is 2. The first-order chi connectivity index (χ1) is 12.3. The summed E-state index contributed by atoms with van der Waals surface area (Å²) in [7, 11) is 0. The van der Waals surface area contributed by atoms with E-state index in [2.05, 4.69) is 27.7 Å². The van der Waals surface area contributed by atoms with Crippen LogP contribution in [0.3, 0.4) is 0 Å². The molecule has 5 nitrogen and oxygen atoms in total. The number of anilines is 2. The van der Waals surface area contributed by atoms with Gasteiger partial charge in [0.15, 0.2) is 0 Å². The number of hydrogen-bond donors (Lipinski definition) is 2. The first-order valence-electron chi connectivity index (χ1n) is 9.74. The van der Waals surface area contributed by atoms with E-state index in [0.717, 1.165) is 43.8 Å². The fraction of sp³-hybridized carbons (Fsp3) is 0.650. The van der Waals surface area contributed by atoms with Gasteiger partial charge in [-0.25, -0.2) is 0 Å². The highest BCUT2D eigenvalue weighted by atomic mass is 16.5. The number of rotatable bonds is 5. The smallest absolute Gasteiger partial charge is 0.238 e. The summed E-state index contributed by atoms with van der Waals surface area (Å²) in [5.41, 5.74) is 2.06. The zero-order valence-electron chi connectivity index (χ0n) is 14.9. The van der Waals surface area contributed by atoms with Crippen LogP contribution in [0.5, 0.6) is 0 Å². The van der Waals surface area contributed by atoms with Crippen LogP contribution in [0, 0.1) is 11.8 Å². The molecule has 0 radical (unpaired) electrons. The molecule has 1 unspecified atom stereocenters.